The standard InChI is InChI=1S/C10H8N2.C7H13O2.3ClH.Sn/c1-3-7-11-9(5-1)10-6-2-4-8-12-10;1-3-5-6-9-7(8)4-2;;;;/h1-8H;2-6H2,1H3;3*1H;/q;;;;;+3/p-3. The third-order valence-electron chi connectivity index (χ3n) is 2.97. The number of esters is 1. The smallest absolute Gasteiger partial charge is 0.0886 e. The molecule has 0 bridgehead atoms. The molecule has 0 aliphatic rings. The van der Waals surface area contributed by atoms with E-state index in [1.54, 1.807) is 12.4 Å². The Kier molecular flexibility index (Phi) is 11.5. The Balaban J connectivity index is 0.000000250. The summed E-state index contributed by atoms with van der Waals surface area (Å²) in [5, 5.41) is 0. The summed E-state index contributed by atoms with van der Waals surface area (Å²) in [7, 11) is 17.0. The zero-order valence-electron chi connectivity index (χ0n) is 14.0. The Hall–Kier alpha value is -0.561. The van der Waals surface area contributed by atoms with Crippen molar-refractivity contribution in [1.82, 2.24) is 9.97 Å². The fourth-order valence-electron chi connectivity index (χ4n) is 1.67. The van der Waals surface area contributed by atoms with Gasteiger partial charge in [-0.1, -0.05) is 12.1 Å². The van der Waals surface area contributed by atoms with Crippen LogP contribution in [0.2, 0.25) is 4.44 Å². The number of carbonyl (C=O) groups is 1. The summed E-state index contributed by atoms with van der Waals surface area (Å²) in [6.07, 6.45) is 5.68. The van der Waals surface area contributed by atoms with Crippen LogP contribution in [0.1, 0.15) is 26.2 Å². The van der Waals surface area contributed by atoms with Crippen molar-refractivity contribution in [2.24, 2.45) is 0 Å². The van der Waals surface area contributed by atoms with Gasteiger partial charge in [0.25, 0.3) is 0 Å². The Bertz CT molecular complexity index is 573. The number of aromatic nitrogens is 2. The molecule has 0 aliphatic heterocycles. The molecule has 25 heavy (non-hydrogen) atoms. The number of rotatable bonds is 7. The molecule has 0 atom stereocenters. The molecule has 2 rings (SSSR count). The minimum atomic E-state index is -3.31. The monoisotopic (exact) mass is 510 g/mol. The van der Waals surface area contributed by atoms with E-state index in [-0.39, 0.29) is 12.4 Å². The molecular formula is C17H21Cl3N2O2Sn. The fraction of sp³-hybridized carbons (Fsp3) is 0.353. The van der Waals surface area contributed by atoms with Crippen LogP contribution in [0, 0.1) is 0 Å². The van der Waals surface area contributed by atoms with Crippen molar-refractivity contribution in [1.29, 1.82) is 0 Å². The van der Waals surface area contributed by atoms with Crippen LogP contribution in [0.4, 0.5) is 0 Å². The first-order valence-electron chi connectivity index (χ1n) is 7.97. The Morgan fingerprint density at radius 2 is 1.60 bits per heavy atom. The molecule has 2 aromatic rings. The maximum atomic E-state index is 11.0. The van der Waals surface area contributed by atoms with Gasteiger partial charge in [-0.15, -0.1) is 0 Å². The molecule has 4 nitrogen and oxygen atoms in total. The topological polar surface area (TPSA) is 52.1 Å². The molecule has 8 heteroatoms. The van der Waals surface area contributed by atoms with E-state index in [0.29, 0.717) is 11.0 Å². The molecule has 0 aromatic carbocycles. The van der Waals surface area contributed by atoms with Gasteiger partial charge in [-0.3, -0.25) is 9.97 Å². The van der Waals surface area contributed by atoms with Gasteiger partial charge >= 0.3 is 94.5 Å². The van der Waals surface area contributed by atoms with Crippen molar-refractivity contribution in [2.45, 2.75) is 30.6 Å². The summed E-state index contributed by atoms with van der Waals surface area (Å²) in [5.74, 6) is -0.253. The van der Waals surface area contributed by atoms with E-state index < -0.39 is 15.0 Å². The summed E-state index contributed by atoms with van der Waals surface area (Å²) >= 11 is -3.31. The van der Waals surface area contributed by atoms with Gasteiger partial charge < -0.3 is 0 Å². The number of halogens is 3. The molecule has 2 aromatic heterocycles. The predicted octanol–water partition coefficient (Wildman–Crippen LogP) is 5.52. The summed E-state index contributed by atoms with van der Waals surface area (Å²) in [4.78, 5) is 19.4. The molecule has 2 heterocycles. The second-order valence-electron chi connectivity index (χ2n) is 5.12. The van der Waals surface area contributed by atoms with Gasteiger partial charge in [-0.2, -0.15) is 0 Å². The molecule has 0 radical (unpaired) electrons. The van der Waals surface area contributed by atoms with Crippen molar-refractivity contribution in [3.8, 4) is 11.4 Å². The quantitative estimate of drug-likeness (QED) is 0.280. The molecule has 0 N–H and O–H groups in total. The normalized spacial score (nSPS) is 10.6. The van der Waals surface area contributed by atoms with E-state index in [4.69, 9.17) is 31.5 Å². The predicted molar refractivity (Wildman–Crippen MR) is 106 cm³/mol. The number of nitrogens with zero attached hydrogens (tertiary/aromatic N) is 2. The molecule has 0 spiro atoms. The van der Waals surface area contributed by atoms with E-state index in [1.165, 1.54) is 0 Å². The van der Waals surface area contributed by atoms with Crippen LogP contribution in [0.25, 0.3) is 11.4 Å². The van der Waals surface area contributed by atoms with E-state index in [9.17, 15) is 4.79 Å². The third kappa shape index (κ3) is 11.6. The first kappa shape index (κ1) is 22.5. The average Bonchev–Trinajstić information content (AvgIpc) is 2.62. The minimum Gasteiger partial charge on any atom is -0.255 e. The van der Waals surface area contributed by atoms with Crippen molar-refractivity contribution in [3.63, 3.8) is 0 Å². The summed E-state index contributed by atoms with van der Waals surface area (Å²) in [5.41, 5.74) is 1.83. The van der Waals surface area contributed by atoms with E-state index >= 15 is 0 Å². The molecule has 0 aliphatic carbocycles. The maximum Gasteiger partial charge on any atom is 0.0886 e. The Morgan fingerprint density at radius 1 is 1.04 bits per heavy atom. The van der Waals surface area contributed by atoms with Gasteiger partial charge in [0.05, 0.1) is 11.4 Å². The van der Waals surface area contributed by atoms with Gasteiger partial charge in [-0.25, -0.2) is 0 Å². The fourth-order valence-corrected chi connectivity index (χ4v) is 4.97. The van der Waals surface area contributed by atoms with Crippen LogP contribution >= 0.6 is 26.8 Å². The van der Waals surface area contributed by atoms with Crippen molar-refractivity contribution in [2.75, 3.05) is 6.61 Å². The number of ether oxygens (including phenoxy) is 1. The Labute approximate surface area is 163 Å². The van der Waals surface area contributed by atoms with Crippen LogP contribution in [-0.4, -0.2) is 37.5 Å². The van der Waals surface area contributed by atoms with Crippen LogP contribution in [0.15, 0.2) is 48.8 Å². The largest absolute Gasteiger partial charge is 0.255 e. The average molecular weight is 510 g/mol. The summed E-state index contributed by atoms with van der Waals surface area (Å²) in [6.45, 7) is 2.51. The first-order valence-corrected chi connectivity index (χ1v) is 20.8. The van der Waals surface area contributed by atoms with Crippen molar-refractivity contribution in [3.05, 3.63) is 48.8 Å². The summed E-state index contributed by atoms with van der Waals surface area (Å²) in [6, 6.07) is 11.6. The zero-order valence-corrected chi connectivity index (χ0v) is 19.1. The van der Waals surface area contributed by atoms with E-state index in [2.05, 4.69) is 9.97 Å². The minimum absolute atomic E-state index is 0.246. The second kappa shape index (κ2) is 12.7. The van der Waals surface area contributed by atoms with Crippen molar-refractivity contribution >= 4 is 47.7 Å². The molecule has 136 valence electrons. The SMILES string of the molecule is CCCCOC(=O)C[CH2][Sn]([Cl])([Cl])[Cl].c1ccc(-c2ccccn2)nc1. The molecule has 0 saturated heterocycles. The molecule has 0 fully saturated rings. The number of unbranched alkanes of at least 4 members (excludes halogenated alkanes) is 1. The van der Waals surface area contributed by atoms with Gasteiger partial charge in [-0.05, 0) is 24.3 Å². The van der Waals surface area contributed by atoms with Crippen LogP contribution < -0.4 is 0 Å². The zero-order chi connectivity index (χ0) is 18.5. The molecule has 0 saturated carbocycles. The van der Waals surface area contributed by atoms with Crippen LogP contribution in [-0.2, 0) is 9.53 Å². The van der Waals surface area contributed by atoms with Crippen LogP contribution in [0.3, 0.4) is 0 Å². The number of carbonyl (C=O) groups excluding carboxylic acids is 1. The first-order chi connectivity index (χ1) is 11.9. The molecule has 0 unspecified atom stereocenters. The summed E-state index contributed by atoms with van der Waals surface area (Å²) < 4.78 is 5.30. The number of hydrogen-bond acceptors (Lipinski definition) is 4. The molecule has 0 amide bonds. The second-order valence-corrected chi connectivity index (χ2v) is 26.9. The van der Waals surface area contributed by atoms with Gasteiger partial charge in [0.1, 0.15) is 0 Å². The van der Waals surface area contributed by atoms with E-state index in [0.717, 1.165) is 24.2 Å². The molecular weight excluding hydrogens is 489 g/mol. The third-order valence-corrected chi connectivity index (χ3v) is 9.10. The van der Waals surface area contributed by atoms with Crippen molar-refractivity contribution < 1.29 is 9.53 Å². The maximum absolute atomic E-state index is 11.0. The van der Waals surface area contributed by atoms with Gasteiger partial charge in [0.2, 0.25) is 0 Å². The van der Waals surface area contributed by atoms with Gasteiger partial charge in [0, 0.05) is 12.4 Å². The number of pyridine rings is 2. The number of hydrogen-bond donors (Lipinski definition) is 0. The Morgan fingerprint density at radius 3 is 2.00 bits per heavy atom. The van der Waals surface area contributed by atoms with E-state index in [1.807, 2.05) is 43.3 Å². The van der Waals surface area contributed by atoms with Crippen LogP contribution in [0.5, 0.6) is 0 Å². The van der Waals surface area contributed by atoms with Gasteiger partial charge in [0.15, 0.2) is 0 Å².